The predicted octanol–water partition coefficient (Wildman–Crippen LogP) is 3.59. The van der Waals surface area contributed by atoms with Gasteiger partial charge in [-0.05, 0) is 33.3 Å². The van der Waals surface area contributed by atoms with E-state index in [1.807, 2.05) is 0 Å². The molecule has 3 N–H and O–H groups in total. The zero-order valence-electron chi connectivity index (χ0n) is 13.4. The van der Waals surface area contributed by atoms with Crippen LogP contribution in [0.5, 0.6) is 0 Å². The summed E-state index contributed by atoms with van der Waals surface area (Å²) in [7, 11) is 0. The van der Waals surface area contributed by atoms with E-state index in [4.69, 9.17) is 5.73 Å². The van der Waals surface area contributed by atoms with Gasteiger partial charge in [0.15, 0.2) is 5.96 Å². The summed E-state index contributed by atoms with van der Waals surface area (Å²) in [5, 5.41) is 3.18. The summed E-state index contributed by atoms with van der Waals surface area (Å²) >= 11 is 0. The SMILES string of the molecule is Cc1cccc(C(C)(C)CN=C(N)NC(C)(C)C)c1.I. The van der Waals surface area contributed by atoms with Crippen LogP contribution in [0, 0.1) is 6.92 Å². The van der Waals surface area contributed by atoms with Crippen molar-refractivity contribution in [2.24, 2.45) is 10.7 Å². The normalized spacial score (nSPS) is 12.8. The molecule has 1 aromatic carbocycles. The molecule has 0 heterocycles. The zero-order valence-corrected chi connectivity index (χ0v) is 15.8. The molecule has 0 saturated carbocycles. The monoisotopic (exact) mass is 389 g/mol. The molecule has 0 amide bonds. The third-order valence-corrected chi connectivity index (χ3v) is 2.95. The lowest BCUT2D eigenvalue weighted by Gasteiger charge is -2.25. The molecule has 0 aliphatic heterocycles. The van der Waals surface area contributed by atoms with Gasteiger partial charge in [0.2, 0.25) is 0 Å². The first kappa shape index (κ1) is 19.2. The van der Waals surface area contributed by atoms with E-state index in [0.29, 0.717) is 12.5 Å². The zero-order chi connectivity index (χ0) is 14.7. The van der Waals surface area contributed by atoms with Gasteiger partial charge in [0.25, 0.3) is 0 Å². The van der Waals surface area contributed by atoms with Crippen LogP contribution in [0.15, 0.2) is 29.3 Å². The average molecular weight is 389 g/mol. The standard InChI is InChI=1S/C16H27N3.HI/c1-12-8-7-9-13(10-12)16(5,6)11-18-14(17)19-15(2,3)4;/h7-10H,11H2,1-6H3,(H3,17,18,19);1H. The second-order valence-corrected chi connectivity index (χ2v) is 6.83. The van der Waals surface area contributed by atoms with Gasteiger partial charge < -0.3 is 11.1 Å². The van der Waals surface area contributed by atoms with Crippen molar-refractivity contribution in [3.63, 3.8) is 0 Å². The number of nitrogens with zero attached hydrogens (tertiary/aromatic N) is 1. The number of benzene rings is 1. The van der Waals surface area contributed by atoms with Crippen molar-refractivity contribution in [3.8, 4) is 0 Å². The van der Waals surface area contributed by atoms with Crippen LogP contribution in [0.4, 0.5) is 0 Å². The van der Waals surface area contributed by atoms with Gasteiger partial charge in [-0.1, -0.05) is 43.7 Å². The second kappa shape index (κ2) is 7.29. The molecule has 0 aliphatic rings. The second-order valence-electron chi connectivity index (χ2n) is 6.83. The Kier molecular flexibility index (Phi) is 7.01. The summed E-state index contributed by atoms with van der Waals surface area (Å²) in [5.41, 5.74) is 8.41. The molecule has 0 aliphatic carbocycles. The Balaban J connectivity index is 0.00000361. The predicted molar refractivity (Wildman–Crippen MR) is 99.0 cm³/mol. The van der Waals surface area contributed by atoms with Crippen molar-refractivity contribution in [3.05, 3.63) is 35.4 Å². The highest BCUT2D eigenvalue weighted by Gasteiger charge is 2.20. The van der Waals surface area contributed by atoms with Gasteiger partial charge >= 0.3 is 0 Å². The number of rotatable bonds is 3. The molecule has 1 aromatic rings. The molecule has 0 saturated heterocycles. The molecule has 0 bridgehead atoms. The van der Waals surface area contributed by atoms with Crippen molar-refractivity contribution >= 4 is 29.9 Å². The highest BCUT2D eigenvalue weighted by Crippen LogP contribution is 2.24. The van der Waals surface area contributed by atoms with Crippen LogP contribution < -0.4 is 11.1 Å². The fourth-order valence-electron chi connectivity index (χ4n) is 1.86. The molecule has 114 valence electrons. The maximum absolute atomic E-state index is 5.91. The van der Waals surface area contributed by atoms with E-state index in [-0.39, 0.29) is 34.9 Å². The molecule has 20 heavy (non-hydrogen) atoms. The van der Waals surface area contributed by atoms with Crippen LogP contribution in [0.3, 0.4) is 0 Å². The topological polar surface area (TPSA) is 50.4 Å². The van der Waals surface area contributed by atoms with Gasteiger partial charge in [-0.3, -0.25) is 4.99 Å². The first-order valence-corrected chi connectivity index (χ1v) is 6.75. The number of aryl methyl sites for hydroxylation is 1. The Labute approximate surface area is 140 Å². The third kappa shape index (κ3) is 6.59. The highest BCUT2D eigenvalue weighted by molar-refractivity contribution is 14.0. The fraction of sp³-hybridized carbons (Fsp3) is 0.562. The summed E-state index contributed by atoms with van der Waals surface area (Å²) in [5.74, 6) is 0.508. The highest BCUT2D eigenvalue weighted by atomic mass is 127. The summed E-state index contributed by atoms with van der Waals surface area (Å²) < 4.78 is 0. The van der Waals surface area contributed by atoms with Crippen LogP contribution in [0.25, 0.3) is 0 Å². The van der Waals surface area contributed by atoms with Gasteiger partial charge in [0.05, 0.1) is 6.54 Å². The smallest absolute Gasteiger partial charge is 0.189 e. The lowest BCUT2D eigenvalue weighted by Crippen LogP contribution is -2.45. The van der Waals surface area contributed by atoms with Gasteiger partial charge in [-0.2, -0.15) is 0 Å². The van der Waals surface area contributed by atoms with E-state index in [9.17, 15) is 0 Å². The number of hydrogen-bond donors (Lipinski definition) is 2. The molecule has 0 spiro atoms. The Hall–Kier alpha value is -0.780. The molecule has 1 rings (SSSR count). The van der Waals surface area contributed by atoms with E-state index in [2.05, 4.69) is 76.1 Å². The van der Waals surface area contributed by atoms with Crippen molar-refractivity contribution in [2.45, 2.75) is 52.5 Å². The summed E-state index contributed by atoms with van der Waals surface area (Å²) in [6.45, 7) is 13.4. The van der Waals surface area contributed by atoms with E-state index >= 15 is 0 Å². The Morgan fingerprint density at radius 1 is 1.20 bits per heavy atom. The van der Waals surface area contributed by atoms with Crippen LogP contribution in [-0.4, -0.2) is 18.0 Å². The largest absolute Gasteiger partial charge is 0.370 e. The molecule has 0 fully saturated rings. The third-order valence-electron chi connectivity index (χ3n) is 2.95. The summed E-state index contributed by atoms with van der Waals surface area (Å²) in [6.07, 6.45) is 0. The van der Waals surface area contributed by atoms with Gasteiger partial charge in [0, 0.05) is 11.0 Å². The minimum atomic E-state index is -0.0545. The number of nitrogens with one attached hydrogen (secondary N) is 1. The van der Waals surface area contributed by atoms with E-state index in [1.165, 1.54) is 11.1 Å². The van der Waals surface area contributed by atoms with Crippen molar-refractivity contribution in [1.29, 1.82) is 0 Å². The van der Waals surface area contributed by atoms with E-state index in [0.717, 1.165) is 0 Å². The summed E-state index contributed by atoms with van der Waals surface area (Å²) in [6, 6.07) is 8.56. The molecule has 3 nitrogen and oxygen atoms in total. The fourth-order valence-corrected chi connectivity index (χ4v) is 1.86. The van der Waals surface area contributed by atoms with Crippen LogP contribution in [-0.2, 0) is 5.41 Å². The maximum atomic E-state index is 5.91. The molecule has 0 unspecified atom stereocenters. The van der Waals surface area contributed by atoms with Crippen molar-refractivity contribution in [2.75, 3.05) is 6.54 Å². The lowest BCUT2D eigenvalue weighted by atomic mass is 9.84. The number of hydrogen-bond acceptors (Lipinski definition) is 1. The maximum Gasteiger partial charge on any atom is 0.189 e. The van der Waals surface area contributed by atoms with Gasteiger partial charge in [0.1, 0.15) is 0 Å². The van der Waals surface area contributed by atoms with Crippen molar-refractivity contribution in [1.82, 2.24) is 5.32 Å². The van der Waals surface area contributed by atoms with Crippen LogP contribution >= 0.6 is 24.0 Å². The van der Waals surface area contributed by atoms with Crippen LogP contribution in [0.1, 0.15) is 45.7 Å². The minimum Gasteiger partial charge on any atom is -0.370 e. The van der Waals surface area contributed by atoms with Gasteiger partial charge in [-0.25, -0.2) is 0 Å². The minimum absolute atomic E-state index is 0. The molecular weight excluding hydrogens is 361 g/mol. The number of guanidine groups is 1. The Morgan fingerprint density at radius 2 is 1.80 bits per heavy atom. The number of aliphatic imine (C=N–C) groups is 1. The lowest BCUT2D eigenvalue weighted by molar-refractivity contribution is 0.500. The molecule has 0 atom stereocenters. The average Bonchev–Trinajstić information content (AvgIpc) is 2.24. The molecule has 0 radical (unpaired) electrons. The van der Waals surface area contributed by atoms with Gasteiger partial charge in [-0.15, -0.1) is 24.0 Å². The molecule has 4 heteroatoms. The molecular formula is C16H28IN3. The quantitative estimate of drug-likeness (QED) is 0.472. The van der Waals surface area contributed by atoms with Crippen molar-refractivity contribution < 1.29 is 0 Å². The van der Waals surface area contributed by atoms with E-state index < -0.39 is 0 Å². The van der Waals surface area contributed by atoms with E-state index in [1.54, 1.807) is 0 Å². The Morgan fingerprint density at radius 3 is 2.30 bits per heavy atom. The first-order valence-electron chi connectivity index (χ1n) is 6.75. The first-order chi connectivity index (χ1) is 8.60. The summed E-state index contributed by atoms with van der Waals surface area (Å²) in [4.78, 5) is 4.47. The molecule has 0 aromatic heterocycles. The number of nitrogens with two attached hydrogens (primary N) is 1. The Bertz CT molecular complexity index is 459. The number of halogens is 1. The van der Waals surface area contributed by atoms with Crippen LogP contribution in [0.2, 0.25) is 0 Å².